The molecular formula is C12H17FN2. The molecule has 0 aromatic carbocycles. The fraction of sp³-hybridized carbons (Fsp3) is 0.583. The van der Waals surface area contributed by atoms with Crippen LogP contribution in [-0.4, -0.2) is 18.1 Å². The largest absolute Gasteiger partial charge is 0.316 e. The van der Waals surface area contributed by atoms with E-state index in [0.717, 1.165) is 31.6 Å². The van der Waals surface area contributed by atoms with Crippen molar-refractivity contribution in [3.8, 4) is 0 Å². The standard InChI is InChI=1S/C12H17FN2/c1-2-12(6-3-7-14-9-12)11-5-4-10(13)8-15-11/h4-5,8,14H,2-3,6-7,9H2,1H3. The maximum absolute atomic E-state index is 12.8. The van der Waals surface area contributed by atoms with Crippen molar-refractivity contribution in [1.29, 1.82) is 0 Å². The summed E-state index contributed by atoms with van der Waals surface area (Å²) in [5, 5.41) is 3.41. The van der Waals surface area contributed by atoms with Crippen LogP contribution in [0.5, 0.6) is 0 Å². The molecule has 1 aromatic heterocycles. The molecule has 0 aliphatic carbocycles. The predicted octanol–water partition coefficient (Wildman–Crippen LogP) is 2.25. The van der Waals surface area contributed by atoms with Gasteiger partial charge in [0, 0.05) is 17.7 Å². The first-order chi connectivity index (χ1) is 7.27. The maximum atomic E-state index is 12.8. The van der Waals surface area contributed by atoms with E-state index in [0.29, 0.717) is 0 Å². The Balaban J connectivity index is 2.28. The van der Waals surface area contributed by atoms with Crippen molar-refractivity contribution < 1.29 is 4.39 Å². The molecular weight excluding hydrogens is 191 g/mol. The summed E-state index contributed by atoms with van der Waals surface area (Å²) in [6.07, 6.45) is 4.70. The van der Waals surface area contributed by atoms with Gasteiger partial charge in [-0.1, -0.05) is 6.92 Å². The fourth-order valence-electron chi connectivity index (χ4n) is 2.36. The zero-order valence-corrected chi connectivity index (χ0v) is 9.09. The molecule has 0 bridgehead atoms. The summed E-state index contributed by atoms with van der Waals surface area (Å²) >= 11 is 0. The molecule has 2 heterocycles. The Labute approximate surface area is 89.9 Å². The average molecular weight is 208 g/mol. The Hall–Kier alpha value is -0.960. The van der Waals surface area contributed by atoms with E-state index in [4.69, 9.17) is 0 Å². The SMILES string of the molecule is CCC1(c2ccc(F)cn2)CCCNC1. The first kappa shape index (κ1) is 10.6. The highest BCUT2D eigenvalue weighted by atomic mass is 19.1. The minimum absolute atomic E-state index is 0.117. The predicted molar refractivity (Wildman–Crippen MR) is 58.3 cm³/mol. The molecule has 1 fully saturated rings. The van der Waals surface area contributed by atoms with E-state index < -0.39 is 0 Å². The number of nitrogens with zero attached hydrogens (tertiary/aromatic N) is 1. The molecule has 0 saturated carbocycles. The van der Waals surface area contributed by atoms with Crippen molar-refractivity contribution in [1.82, 2.24) is 10.3 Å². The summed E-state index contributed by atoms with van der Waals surface area (Å²) in [4.78, 5) is 4.23. The number of pyridine rings is 1. The van der Waals surface area contributed by atoms with Crippen LogP contribution in [0.2, 0.25) is 0 Å². The lowest BCUT2D eigenvalue weighted by Gasteiger charge is -2.36. The summed E-state index contributed by atoms with van der Waals surface area (Å²) in [6, 6.07) is 3.33. The molecule has 1 atom stereocenters. The zero-order chi connectivity index (χ0) is 10.7. The van der Waals surface area contributed by atoms with Gasteiger partial charge in [-0.05, 0) is 37.9 Å². The monoisotopic (exact) mass is 208 g/mol. The molecule has 1 aromatic rings. The Morgan fingerprint density at radius 3 is 2.93 bits per heavy atom. The van der Waals surface area contributed by atoms with Crippen molar-refractivity contribution >= 4 is 0 Å². The number of rotatable bonds is 2. The second kappa shape index (κ2) is 4.27. The zero-order valence-electron chi connectivity index (χ0n) is 9.09. The normalized spacial score (nSPS) is 26.5. The lowest BCUT2D eigenvalue weighted by molar-refractivity contribution is 0.295. The highest BCUT2D eigenvalue weighted by Crippen LogP contribution is 2.32. The van der Waals surface area contributed by atoms with Gasteiger partial charge in [0.25, 0.3) is 0 Å². The van der Waals surface area contributed by atoms with E-state index in [1.54, 1.807) is 0 Å². The van der Waals surface area contributed by atoms with Crippen LogP contribution in [0.25, 0.3) is 0 Å². The number of hydrogen-bond acceptors (Lipinski definition) is 2. The minimum Gasteiger partial charge on any atom is -0.316 e. The third-order valence-electron chi connectivity index (χ3n) is 3.42. The van der Waals surface area contributed by atoms with Crippen LogP contribution in [0.3, 0.4) is 0 Å². The van der Waals surface area contributed by atoms with Crippen LogP contribution >= 0.6 is 0 Å². The summed E-state index contributed by atoms with van der Waals surface area (Å²) in [5.41, 5.74) is 1.14. The van der Waals surface area contributed by atoms with Gasteiger partial charge in [0.2, 0.25) is 0 Å². The van der Waals surface area contributed by atoms with Gasteiger partial charge in [0.05, 0.1) is 6.20 Å². The summed E-state index contributed by atoms with van der Waals surface area (Å²) < 4.78 is 12.8. The van der Waals surface area contributed by atoms with Crippen molar-refractivity contribution in [2.24, 2.45) is 0 Å². The Morgan fingerprint density at radius 2 is 2.40 bits per heavy atom. The molecule has 1 saturated heterocycles. The third kappa shape index (κ3) is 2.02. The number of aromatic nitrogens is 1. The van der Waals surface area contributed by atoms with Gasteiger partial charge in [0.1, 0.15) is 5.82 Å². The van der Waals surface area contributed by atoms with E-state index in [9.17, 15) is 4.39 Å². The van der Waals surface area contributed by atoms with E-state index in [2.05, 4.69) is 17.2 Å². The van der Waals surface area contributed by atoms with Gasteiger partial charge in [-0.2, -0.15) is 0 Å². The first-order valence-electron chi connectivity index (χ1n) is 5.60. The Bertz CT molecular complexity index is 315. The van der Waals surface area contributed by atoms with E-state index in [1.165, 1.54) is 18.7 Å². The first-order valence-corrected chi connectivity index (χ1v) is 5.60. The van der Waals surface area contributed by atoms with E-state index in [-0.39, 0.29) is 11.2 Å². The van der Waals surface area contributed by atoms with Gasteiger partial charge in [-0.25, -0.2) is 4.39 Å². The van der Waals surface area contributed by atoms with Crippen molar-refractivity contribution in [2.75, 3.05) is 13.1 Å². The molecule has 1 aliphatic heterocycles. The highest BCUT2D eigenvalue weighted by Gasteiger charge is 2.33. The molecule has 1 unspecified atom stereocenters. The second-order valence-corrected chi connectivity index (χ2v) is 4.28. The molecule has 0 radical (unpaired) electrons. The molecule has 1 aliphatic rings. The molecule has 0 amide bonds. The summed E-state index contributed by atoms with van der Waals surface area (Å²) in [7, 11) is 0. The molecule has 2 rings (SSSR count). The van der Waals surface area contributed by atoms with Crippen LogP contribution in [0.4, 0.5) is 4.39 Å². The lowest BCUT2D eigenvalue weighted by atomic mass is 9.75. The molecule has 15 heavy (non-hydrogen) atoms. The Morgan fingerprint density at radius 1 is 1.53 bits per heavy atom. The number of hydrogen-bond donors (Lipinski definition) is 1. The summed E-state index contributed by atoms with van der Waals surface area (Å²) in [5.74, 6) is -0.256. The third-order valence-corrected chi connectivity index (χ3v) is 3.42. The van der Waals surface area contributed by atoms with Gasteiger partial charge in [0.15, 0.2) is 0 Å². The fourth-order valence-corrected chi connectivity index (χ4v) is 2.36. The minimum atomic E-state index is -0.256. The van der Waals surface area contributed by atoms with E-state index >= 15 is 0 Å². The van der Waals surface area contributed by atoms with Gasteiger partial charge >= 0.3 is 0 Å². The van der Waals surface area contributed by atoms with Crippen LogP contribution in [0.15, 0.2) is 18.3 Å². The topological polar surface area (TPSA) is 24.9 Å². The average Bonchev–Trinajstić information content (AvgIpc) is 2.31. The summed E-state index contributed by atoms with van der Waals surface area (Å²) in [6.45, 7) is 4.23. The highest BCUT2D eigenvalue weighted by molar-refractivity contribution is 5.19. The number of piperidine rings is 1. The van der Waals surface area contributed by atoms with Crippen molar-refractivity contribution in [3.05, 3.63) is 29.8 Å². The molecule has 0 spiro atoms. The van der Waals surface area contributed by atoms with Crippen LogP contribution in [0.1, 0.15) is 31.9 Å². The molecule has 1 N–H and O–H groups in total. The molecule has 82 valence electrons. The Kier molecular flexibility index (Phi) is 3.00. The number of halogens is 1. The lowest BCUT2D eigenvalue weighted by Crippen LogP contribution is -2.43. The molecule has 2 nitrogen and oxygen atoms in total. The quantitative estimate of drug-likeness (QED) is 0.806. The van der Waals surface area contributed by atoms with Gasteiger partial charge in [-0.15, -0.1) is 0 Å². The maximum Gasteiger partial charge on any atom is 0.141 e. The van der Waals surface area contributed by atoms with Gasteiger partial charge in [-0.3, -0.25) is 4.98 Å². The van der Waals surface area contributed by atoms with Gasteiger partial charge < -0.3 is 5.32 Å². The second-order valence-electron chi connectivity index (χ2n) is 4.28. The molecule has 3 heteroatoms. The van der Waals surface area contributed by atoms with Crippen LogP contribution < -0.4 is 5.32 Å². The van der Waals surface area contributed by atoms with Crippen LogP contribution in [0, 0.1) is 5.82 Å². The van der Waals surface area contributed by atoms with Crippen LogP contribution in [-0.2, 0) is 5.41 Å². The van der Waals surface area contributed by atoms with Crippen molar-refractivity contribution in [2.45, 2.75) is 31.6 Å². The smallest absolute Gasteiger partial charge is 0.141 e. The van der Waals surface area contributed by atoms with E-state index in [1.807, 2.05) is 6.07 Å². The van der Waals surface area contributed by atoms with Crippen molar-refractivity contribution in [3.63, 3.8) is 0 Å². The number of nitrogens with one attached hydrogen (secondary N) is 1.